The van der Waals surface area contributed by atoms with E-state index < -0.39 is 5.82 Å². The van der Waals surface area contributed by atoms with Crippen molar-refractivity contribution in [3.63, 3.8) is 0 Å². The van der Waals surface area contributed by atoms with E-state index in [-0.39, 0.29) is 11.5 Å². The average molecular weight is 296 g/mol. The lowest BCUT2D eigenvalue weighted by Crippen LogP contribution is -2.49. The van der Waals surface area contributed by atoms with Crippen molar-refractivity contribution in [1.29, 1.82) is 0 Å². The molecule has 0 atom stereocenters. The van der Waals surface area contributed by atoms with E-state index in [0.29, 0.717) is 23.9 Å². The number of hydrogen-bond acceptors (Lipinski definition) is 3. The van der Waals surface area contributed by atoms with Gasteiger partial charge in [-0.05, 0) is 24.1 Å². The largest absolute Gasteiger partial charge is 0.336 e. The van der Waals surface area contributed by atoms with E-state index in [9.17, 15) is 9.18 Å². The van der Waals surface area contributed by atoms with Gasteiger partial charge in [0.15, 0.2) is 0 Å². The second-order valence-electron chi connectivity index (χ2n) is 5.65. The van der Waals surface area contributed by atoms with Gasteiger partial charge in [0, 0.05) is 37.6 Å². The van der Waals surface area contributed by atoms with Crippen LogP contribution in [-0.2, 0) is 0 Å². The molecule has 5 heteroatoms. The Balaban J connectivity index is 2.00. The van der Waals surface area contributed by atoms with E-state index in [1.54, 1.807) is 11.0 Å². The van der Waals surface area contributed by atoms with E-state index in [1.165, 1.54) is 12.1 Å². The highest BCUT2D eigenvalue weighted by molar-refractivity contribution is 7.80. The number of hydrogen-bond donors (Lipinski definition) is 1. The van der Waals surface area contributed by atoms with Gasteiger partial charge in [-0.1, -0.05) is 13.8 Å². The number of nitrogens with zero attached hydrogens (tertiary/aromatic N) is 2. The third-order valence-electron chi connectivity index (χ3n) is 3.46. The van der Waals surface area contributed by atoms with Crippen LogP contribution in [0, 0.1) is 11.7 Å². The summed E-state index contributed by atoms with van der Waals surface area (Å²) in [6.45, 7) is 8.43. The molecule has 2 rings (SSSR count). The third-order valence-corrected chi connectivity index (χ3v) is 3.74. The predicted molar refractivity (Wildman–Crippen MR) is 80.8 cm³/mol. The van der Waals surface area contributed by atoms with Crippen molar-refractivity contribution in [2.45, 2.75) is 18.7 Å². The average Bonchev–Trinajstić information content (AvgIpc) is 2.41. The maximum atomic E-state index is 13.7. The molecule has 20 heavy (non-hydrogen) atoms. The first-order valence-electron chi connectivity index (χ1n) is 6.97. The van der Waals surface area contributed by atoms with E-state index in [1.807, 2.05) is 0 Å². The molecule has 1 aromatic rings. The molecule has 0 aromatic heterocycles. The Kier molecular flexibility index (Phi) is 5.05. The lowest BCUT2D eigenvalue weighted by molar-refractivity contribution is 0.0619. The molecule has 1 fully saturated rings. The van der Waals surface area contributed by atoms with Crippen molar-refractivity contribution in [1.82, 2.24) is 9.80 Å². The van der Waals surface area contributed by atoms with Gasteiger partial charge in [-0.3, -0.25) is 9.69 Å². The van der Waals surface area contributed by atoms with Crippen LogP contribution in [0.1, 0.15) is 24.2 Å². The van der Waals surface area contributed by atoms with Gasteiger partial charge >= 0.3 is 0 Å². The summed E-state index contributed by atoms with van der Waals surface area (Å²) in [5.41, 5.74) is 0.120. The minimum Gasteiger partial charge on any atom is -0.336 e. The molecule has 1 amide bonds. The SMILES string of the molecule is CC(C)CN1CCN(C(=O)c2cc(S)ccc2F)CC1. The maximum absolute atomic E-state index is 13.7. The lowest BCUT2D eigenvalue weighted by atomic mass is 10.1. The summed E-state index contributed by atoms with van der Waals surface area (Å²) in [4.78, 5) is 17.0. The molecule has 1 aliphatic rings. The Morgan fingerprint density at radius 3 is 2.55 bits per heavy atom. The summed E-state index contributed by atoms with van der Waals surface area (Å²) in [5, 5.41) is 0. The van der Waals surface area contributed by atoms with Crippen molar-refractivity contribution in [2.24, 2.45) is 5.92 Å². The van der Waals surface area contributed by atoms with Gasteiger partial charge in [-0.15, -0.1) is 12.6 Å². The summed E-state index contributed by atoms with van der Waals surface area (Å²) in [7, 11) is 0. The molecule has 1 aromatic carbocycles. The summed E-state index contributed by atoms with van der Waals surface area (Å²) in [5.74, 6) is -0.0874. The second-order valence-corrected chi connectivity index (χ2v) is 6.17. The Morgan fingerprint density at radius 2 is 1.95 bits per heavy atom. The minimum atomic E-state index is -0.475. The molecule has 1 saturated heterocycles. The van der Waals surface area contributed by atoms with Crippen LogP contribution in [-0.4, -0.2) is 48.4 Å². The van der Waals surface area contributed by atoms with Crippen LogP contribution in [0.2, 0.25) is 0 Å². The van der Waals surface area contributed by atoms with Crippen LogP contribution in [0.3, 0.4) is 0 Å². The van der Waals surface area contributed by atoms with Crippen LogP contribution in [0.25, 0.3) is 0 Å². The number of halogens is 1. The quantitative estimate of drug-likeness (QED) is 0.867. The van der Waals surface area contributed by atoms with Gasteiger partial charge in [-0.2, -0.15) is 0 Å². The lowest BCUT2D eigenvalue weighted by Gasteiger charge is -2.35. The van der Waals surface area contributed by atoms with Crippen molar-refractivity contribution < 1.29 is 9.18 Å². The summed E-state index contributed by atoms with van der Waals surface area (Å²) in [6.07, 6.45) is 0. The Bertz CT molecular complexity index is 485. The summed E-state index contributed by atoms with van der Waals surface area (Å²) >= 11 is 4.17. The number of rotatable bonds is 3. The first-order valence-corrected chi connectivity index (χ1v) is 7.42. The second kappa shape index (κ2) is 6.59. The van der Waals surface area contributed by atoms with Crippen LogP contribution in [0.15, 0.2) is 23.1 Å². The molecule has 110 valence electrons. The van der Waals surface area contributed by atoms with Gasteiger partial charge in [0.25, 0.3) is 5.91 Å². The van der Waals surface area contributed by atoms with Crippen LogP contribution in [0.5, 0.6) is 0 Å². The maximum Gasteiger partial charge on any atom is 0.256 e. The molecule has 1 aliphatic heterocycles. The number of thiol groups is 1. The zero-order chi connectivity index (χ0) is 14.7. The zero-order valence-electron chi connectivity index (χ0n) is 12.0. The normalized spacial score (nSPS) is 16.8. The Morgan fingerprint density at radius 1 is 1.30 bits per heavy atom. The fourth-order valence-corrected chi connectivity index (χ4v) is 2.70. The van der Waals surface area contributed by atoms with Crippen LogP contribution < -0.4 is 0 Å². The predicted octanol–water partition coefficient (Wildman–Crippen LogP) is 2.53. The third kappa shape index (κ3) is 3.73. The van der Waals surface area contributed by atoms with Crippen LogP contribution in [0.4, 0.5) is 4.39 Å². The Hall–Kier alpha value is -1.07. The standard InChI is InChI=1S/C15H21FN2OS/c1-11(2)10-17-5-7-18(8-6-17)15(19)13-9-12(20)3-4-14(13)16/h3-4,9,11,20H,5-8,10H2,1-2H3. The molecule has 1 heterocycles. The summed E-state index contributed by atoms with van der Waals surface area (Å²) < 4.78 is 13.7. The first kappa shape index (κ1) is 15.3. The van der Waals surface area contributed by atoms with Crippen LogP contribution >= 0.6 is 12.6 Å². The van der Waals surface area contributed by atoms with E-state index in [0.717, 1.165) is 19.6 Å². The molecule has 0 spiro atoms. The number of piperazine rings is 1. The van der Waals surface area contributed by atoms with E-state index >= 15 is 0 Å². The molecule has 0 N–H and O–H groups in total. The van der Waals surface area contributed by atoms with Crippen molar-refractivity contribution in [2.75, 3.05) is 32.7 Å². The van der Waals surface area contributed by atoms with Crippen molar-refractivity contribution in [3.05, 3.63) is 29.6 Å². The molecule has 0 saturated carbocycles. The topological polar surface area (TPSA) is 23.6 Å². The van der Waals surface area contributed by atoms with Gasteiger partial charge in [0.05, 0.1) is 5.56 Å². The Labute approximate surface area is 125 Å². The highest BCUT2D eigenvalue weighted by Crippen LogP contribution is 2.17. The highest BCUT2D eigenvalue weighted by atomic mass is 32.1. The monoisotopic (exact) mass is 296 g/mol. The number of benzene rings is 1. The fourth-order valence-electron chi connectivity index (χ4n) is 2.50. The number of carbonyl (C=O) groups is 1. The molecule has 0 aliphatic carbocycles. The minimum absolute atomic E-state index is 0.120. The van der Waals surface area contributed by atoms with Gasteiger partial charge in [0.1, 0.15) is 5.82 Å². The molecular formula is C15H21FN2OS. The van der Waals surface area contributed by atoms with E-state index in [4.69, 9.17) is 0 Å². The molecular weight excluding hydrogens is 275 g/mol. The van der Waals surface area contributed by atoms with Crippen molar-refractivity contribution >= 4 is 18.5 Å². The number of carbonyl (C=O) groups excluding carboxylic acids is 1. The highest BCUT2D eigenvalue weighted by Gasteiger charge is 2.24. The first-order chi connectivity index (χ1) is 9.47. The smallest absolute Gasteiger partial charge is 0.256 e. The molecule has 3 nitrogen and oxygen atoms in total. The van der Waals surface area contributed by atoms with Gasteiger partial charge < -0.3 is 4.90 Å². The molecule has 0 unspecified atom stereocenters. The van der Waals surface area contributed by atoms with Crippen molar-refractivity contribution in [3.8, 4) is 0 Å². The van der Waals surface area contributed by atoms with Gasteiger partial charge in [-0.25, -0.2) is 4.39 Å². The molecule has 0 bridgehead atoms. The fraction of sp³-hybridized carbons (Fsp3) is 0.533. The molecule has 0 radical (unpaired) electrons. The summed E-state index contributed by atoms with van der Waals surface area (Å²) in [6, 6.07) is 4.35. The number of amides is 1. The van der Waals surface area contributed by atoms with E-state index in [2.05, 4.69) is 31.4 Å². The van der Waals surface area contributed by atoms with Gasteiger partial charge in [0.2, 0.25) is 0 Å². The zero-order valence-corrected chi connectivity index (χ0v) is 12.9.